The third-order valence-corrected chi connectivity index (χ3v) is 6.37. The van der Waals surface area contributed by atoms with E-state index < -0.39 is 27.5 Å². The minimum atomic E-state index is -4.03. The van der Waals surface area contributed by atoms with Gasteiger partial charge in [-0.25, -0.2) is 17.8 Å². The van der Waals surface area contributed by atoms with Crippen LogP contribution in [0.3, 0.4) is 0 Å². The molecule has 2 aromatic rings. The number of nitriles is 1. The maximum absolute atomic E-state index is 13.8. The van der Waals surface area contributed by atoms with Gasteiger partial charge in [-0.1, -0.05) is 11.6 Å². The van der Waals surface area contributed by atoms with E-state index in [1.807, 2.05) is 0 Å². The fourth-order valence-electron chi connectivity index (χ4n) is 2.82. The molecule has 11 heteroatoms. The lowest BCUT2D eigenvalue weighted by Crippen LogP contribution is -2.50. The molecule has 1 fully saturated rings. The molecule has 1 aliphatic rings. The van der Waals surface area contributed by atoms with Gasteiger partial charge in [0, 0.05) is 25.4 Å². The third kappa shape index (κ3) is 3.80. The first-order valence-electron chi connectivity index (χ1n) is 8.10. The molecule has 1 aromatic carbocycles. The van der Waals surface area contributed by atoms with Crippen LogP contribution in [0.2, 0.25) is 5.02 Å². The van der Waals surface area contributed by atoms with Gasteiger partial charge in [-0.2, -0.15) is 9.57 Å². The number of sulfonamides is 1. The average Bonchev–Trinajstić information content (AvgIpc) is 3.00. The van der Waals surface area contributed by atoms with Gasteiger partial charge < -0.3 is 15.6 Å². The van der Waals surface area contributed by atoms with Crippen molar-refractivity contribution in [2.45, 2.75) is 16.7 Å². The average molecular weight is 427 g/mol. The van der Waals surface area contributed by atoms with Crippen LogP contribution in [0.4, 0.5) is 4.39 Å². The second kappa shape index (κ2) is 7.62. The molecule has 0 spiro atoms. The number of aromatic nitrogens is 1. The van der Waals surface area contributed by atoms with Crippen LogP contribution >= 0.6 is 11.6 Å². The molecule has 0 bridgehead atoms. The summed E-state index contributed by atoms with van der Waals surface area (Å²) in [6.07, 6.45) is 0.152. The second-order valence-electron chi connectivity index (χ2n) is 6.28. The molecule has 3 N–H and O–H groups in total. The Balaban J connectivity index is 1.86. The van der Waals surface area contributed by atoms with Crippen molar-refractivity contribution in [1.29, 1.82) is 5.26 Å². The Morgan fingerprint density at radius 2 is 2.21 bits per heavy atom. The lowest BCUT2D eigenvalue weighted by atomic mass is 10.0. The van der Waals surface area contributed by atoms with E-state index in [0.29, 0.717) is 0 Å². The number of rotatable bonds is 5. The van der Waals surface area contributed by atoms with Crippen LogP contribution in [-0.2, 0) is 10.0 Å². The molecule has 0 aliphatic carbocycles. The molecule has 3 rings (SSSR count). The Morgan fingerprint density at radius 1 is 1.46 bits per heavy atom. The van der Waals surface area contributed by atoms with Crippen molar-refractivity contribution in [3.8, 4) is 11.8 Å². The fourth-order valence-corrected chi connectivity index (χ4v) is 4.35. The normalized spacial score (nSPS) is 22.8. The molecule has 0 saturated carbocycles. The molecule has 0 radical (unpaired) electrons. The van der Waals surface area contributed by atoms with Gasteiger partial charge in [-0.15, -0.1) is 0 Å². The highest BCUT2D eigenvalue weighted by atomic mass is 35.5. The molecular formula is C17H16ClFN4O4S. The van der Waals surface area contributed by atoms with Crippen LogP contribution in [-0.4, -0.2) is 54.2 Å². The standard InChI is InChI=1S/C17H16ClFN4O4S/c18-12-2-4-16(22-7-12)28(25,26)23-8-15(17(24,9-21)10-23)27-13-3-1-11(6-20)14(19)5-13/h1-5,7,15,24H,8-10,21H2/t15?,17-/m0/s1. The summed E-state index contributed by atoms with van der Waals surface area (Å²) in [7, 11) is -4.03. The molecular weight excluding hydrogens is 411 g/mol. The van der Waals surface area contributed by atoms with Gasteiger partial charge in [0.2, 0.25) is 0 Å². The SMILES string of the molecule is N#Cc1ccc(OC2CN(S(=O)(=O)c3ccc(Cl)cn3)C[C@@]2(O)CN)cc1F. The molecule has 2 heterocycles. The topological polar surface area (TPSA) is 130 Å². The smallest absolute Gasteiger partial charge is 0.260 e. The van der Waals surface area contributed by atoms with Crippen LogP contribution in [0.1, 0.15) is 5.56 Å². The van der Waals surface area contributed by atoms with Crippen molar-refractivity contribution >= 4 is 21.6 Å². The van der Waals surface area contributed by atoms with E-state index in [1.165, 1.54) is 30.5 Å². The van der Waals surface area contributed by atoms with Crippen LogP contribution in [0.25, 0.3) is 0 Å². The number of β-amino-alcohol motifs (C(OH)–C–C–N with tert-alkyl or cyclic N) is 1. The molecule has 1 aliphatic heterocycles. The summed E-state index contributed by atoms with van der Waals surface area (Å²) in [6.45, 7) is -0.821. The van der Waals surface area contributed by atoms with Crippen molar-refractivity contribution in [3.05, 3.63) is 52.9 Å². The fraction of sp³-hybridized carbons (Fsp3) is 0.294. The summed E-state index contributed by atoms with van der Waals surface area (Å²) in [5.74, 6) is -0.749. The molecule has 0 amide bonds. The molecule has 148 valence electrons. The molecule has 1 unspecified atom stereocenters. The summed E-state index contributed by atoms with van der Waals surface area (Å²) in [5.41, 5.74) is 3.80. The zero-order valence-corrected chi connectivity index (χ0v) is 16.0. The van der Waals surface area contributed by atoms with E-state index in [4.69, 9.17) is 27.3 Å². The van der Waals surface area contributed by atoms with Gasteiger partial charge in [0.1, 0.15) is 29.3 Å². The maximum Gasteiger partial charge on any atom is 0.260 e. The summed E-state index contributed by atoms with van der Waals surface area (Å²) >= 11 is 5.74. The minimum Gasteiger partial charge on any atom is -0.486 e. The molecule has 28 heavy (non-hydrogen) atoms. The zero-order chi connectivity index (χ0) is 20.5. The van der Waals surface area contributed by atoms with Crippen LogP contribution in [0.5, 0.6) is 5.75 Å². The van der Waals surface area contributed by atoms with Gasteiger partial charge in [0.15, 0.2) is 5.03 Å². The van der Waals surface area contributed by atoms with Crippen molar-refractivity contribution in [3.63, 3.8) is 0 Å². The van der Waals surface area contributed by atoms with E-state index in [9.17, 15) is 17.9 Å². The lowest BCUT2D eigenvalue weighted by Gasteiger charge is -2.27. The first kappa shape index (κ1) is 20.4. The molecule has 1 saturated heterocycles. The number of hydrogen-bond donors (Lipinski definition) is 2. The lowest BCUT2D eigenvalue weighted by molar-refractivity contribution is -0.0201. The summed E-state index contributed by atoms with van der Waals surface area (Å²) in [4.78, 5) is 3.81. The van der Waals surface area contributed by atoms with E-state index in [0.717, 1.165) is 10.4 Å². The van der Waals surface area contributed by atoms with Crippen molar-refractivity contribution in [2.24, 2.45) is 5.73 Å². The van der Waals surface area contributed by atoms with Crippen LogP contribution < -0.4 is 10.5 Å². The van der Waals surface area contributed by atoms with Crippen LogP contribution in [0.15, 0.2) is 41.6 Å². The highest BCUT2D eigenvalue weighted by Crippen LogP contribution is 2.30. The number of nitrogens with zero attached hydrogens (tertiary/aromatic N) is 3. The third-order valence-electron chi connectivity index (χ3n) is 4.42. The van der Waals surface area contributed by atoms with Gasteiger partial charge in [0.05, 0.1) is 17.1 Å². The summed E-state index contributed by atoms with van der Waals surface area (Å²) in [6, 6.07) is 7.91. The molecule has 1 aromatic heterocycles. The highest BCUT2D eigenvalue weighted by molar-refractivity contribution is 7.89. The quantitative estimate of drug-likeness (QED) is 0.726. The number of halogens is 2. The Kier molecular flexibility index (Phi) is 5.56. The predicted molar refractivity (Wildman–Crippen MR) is 97.5 cm³/mol. The van der Waals surface area contributed by atoms with Gasteiger partial charge in [-0.05, 0) is 24.3 Å². The first-order valence-corrected chi connectivity index (χ1v) is 9.92. The highest BCUT2D eigenvalue weighted by Gasteiger charge is 2.50. The monoisotopic (exact) mass is 426 g/mol. The number of pyridine rings is 1. The van der Waals surface area contributed by atoms with Gasteiger partial charge >= 0.3 is 0 Å². The molecule has 8 nitrogen and oxygen atoms in total. The maximum atomic E-state index is 13.8. The number of aliphatic hydroxyl groups is 1. The van der Waals surface area contributed by atoms with E-state index in [-0.39, 0.29) is 41.0 Å². The van der Waals surface area contributed by atoms with Gasteiger partial charge in [-0.3, -0.25) is 0 Å². The Hall–Kier alpha value is -2.29. The number of hydrogen-bond acceptors (Lipinski definition) is 7. The van der Waals surface area contributed by atoms with Crippen molar-refractivity contribution in [2.75, 3.05) is 19.6 Å². The van der Waals surface area contributed by atoms with E-state index in [2.05, 4.69) is 4.98 Å². The van der Waals surface area contributed by atoms with Crippen molar-refractivity contribution < 1.29 is 22.7 Å². The zero-order valence-electron chi connectivity index (χ0n) is 14.4. The van der Waals surface area contributed by atoms with Gasteiger partial charge in [0.25, 0.3) is 10.0 Å². The minimum absolute atomic E-state index is 0.0391. The Bertz CT molecular complexity index is 1030. The Labute approximate surface area is 166 Å². The van der Waals surface area contributed by atoms with E-state index in [1.54, 1.807) is 6.07 Å². The van der Waals surface area contributed by atoms with E-state index >= 15 is 0 Å². The Morgan fingerprint density at radius 3 is 2.79 bits per heavy atom. The predicted octanol–water partition coefficient (Wildman–Crippen LogP) is 0.887. The number of nitrogens with two attached hydrogens (primary N) is 1. The first-order chi connectivity index (χ1) is 13.2. The second-order valence-corrected chi connectivity index (χ2v) is 8.60. The van der Waals surface area contributed by atoms with Crippen LogP contribution in [0, 0.1) is 17.1 Å². The number of ether oxygens (including phenoxy) is 1. The summed E-state index contributed by atoms with van der Waals surface area (Å²) in [5, 5.41) is 19.6. The summed E-state index contributed by atoms with van der Waals surface area (Å²) < 4.78 is 46.0. The van der Waals surface area contributed by atoms with Crippen molar-refractivity contribution in [1.82, 2.24) is 9.29 Å². The largest absolute Gasteiger partial charge is 0.486 e. The molecule has 2 atom stereocenters. The number of benzene rings is 1.